The van der Waals surface area contributed by atoms with Crippen LogP contribution in [-0.2, 0) is 0 Å². The Morgan fingerprint density at radius 1 is 0.926 bits per heavy atom. The van der Waals surface area contributed by atoms with Crippen LogP contribution in [0.1, 0.15) is 11.5 Å². The smallest absolute Gasteiger partial charge is 0.357 e. The second kappa shape index (κ2) is 6.92. The van der Waals surface area contributed by atoms with E-state index in [1.54, 1.807) is 11.1 Å². The lowest BCUT2D eigenvalue weighted by atomic mass is 10.1. The van der Waals surface area contributed by atoms with E-state index in [1.807, 2.05) is 0 Å². The molecule has 0 fully saturated rings. The van der Waals surface area contributed by atoms with Crippen molar-refractivity contribution in [1.82, 2.24) is 9.97 Å². The molecule has 0 atom stereocenters. The second-order valence-electron chi connectivity index (χ2n) is 5.24. The minimum absolute atomic E-state index is 0.142. The Bertz CT molecular complexity index is 1190. The lowest BCUT2D eigenvalue weighted by molar-refractivity contribution is -0.386. The average molecular weight is 370 g/mol. The minimum Gasteiger partial charge on any atom is -0.456 e. The molecule has 2 N–H and O–H groups in total. The quantitative estimate of drug-likeness (QED) is 0.513. The van der Waals surface area contributed by atoms with E-state index in [2.05, 4.69) is 4.98 Å². The molecule has 0 radical (unpaired) electrons. The van der Waals surface area contributed by atoms with Crippen LogP contribution in [0.5, 0.6) is 0 Å². The van der Waals surface area contributed by atoms with E-state index < -0.39 is 26.8 Å². The maximum Gasteiger partial charge on any atom is 0.357 e. The maximum absolute atomic E-state index is 11.6. The summed E-state index contributed by atoms with van der Waals surface area (Å²) >= 11 is 0. The molecule has 3 aromatic rings. The van der Waals surface area contributed by atoms with Crippen LogP contribution in [0.4, 0.5) is 11.4 Å². The van der Waals surface area contributed by atoms with Crippen LogP contribution in [0.3, 0.4) is 0 Å². The number of hydrogen-bond acceptors (Lipinski definition) is 7. The van der Waals surface area contributed by atoms with E-state index in [-0.39, 0.29) is 28.5 Å². The van der Waals surface area contributed by atoms with Gasteiger partial charge in [-0.15, -0.1) is 0 Å². The molecule has 0 spiro atoms. The van der Waals surface area contributed by atoms with Gasteiger partial charge in [-0.2, -0.15) is 0 Å². The number of benzene rings is 1. The van der Waals surface area contributed by atoms with Gasteiger partial charge in [-0.05, 0) is 30.4 Å². The van der Waals surface area contributed by atoms with E-state index in [0.717, 1.165) is 6.08 Å². The number of furan rings is 1. The van der Waals surface area contributed by atoms with Crippen molar-refractivity contribution in [3.63, 3.8) is 0 Å². The molecule has 136 valence electrons. The Kier molecular flexibility index (Phi) is 4.49. The lowest BCUT2D eigenvalue weighted by Gasteiger charge is -1.98. The Hall–Kier alpha value is -4.28. The first-order chi connectivity index (χ1) is 12.9. The van der Waals surface area contributed by atoms with Crippen molar-refractivity contribution in [2.24, 2.45) is 0 Å². The number of para-hydroxylation sites is 1. The van der Waals surface area contributed by atoms with E-state index >= 15 is 0 Å². The molecular weight excluding hydrogens is 360 g/mol. The first kappa shape index (κ1) is 17.5. The molecule has 0 saturated carbocycles. The van der Waals surface area contributed by atoms with Crippen molar-refractivity contribution < 1.29 is 14.3 Å². The minimum atomic E-state index is -1.14. The number of hydrogen-bond donors (Lipinski definition) is 2. The fourth-order valence-electron chi connectivity index (χ4n) is 2.39. The summed E-state index contributed by atoms with van der Waals surface area (Å²) in [5.74, 6) is 0.425. The van der Waals surface area contributed by atoms with Crippen LogP contribution < -0.4 is 11.2 Å². The average Bonchev–Trinajstić information content (AvgIpc) is 3.07. The highest BCUT2D eigenvalue weighted by Crippen LogP contribution is 2.31. The number of nitrogens with one attached hydrogen (secondary N) is 2. The van der Waals surface area contributed by atoms with Crippen molar-refractivity contribution in [1.29, 1.82) is 0 Å². The number of rotatable bonds is 5. The zero-order valence-corrected chi connectivity index (χ0v) is 13.4. The van der Waals surface area contributed by atoms with E-state index in [0.29, 0.717) is 0 Å². The van der Waals surface area contributed by atoms with Crippen molar-refractivity contribution in [2.75, 3.05) is 0 Å². The standard InChI is InChI=1S/C16H10N4O7/c21-15-14(20(25)26)11(17-16(22)18-15)7-5-9-6-8-13(27-9)10-3-1-2-4-12(10)19(23)24/h1-8H,(H2,17,18,21,22)/b7-5-. The highest BCUT2D eigenvalue weighted by Gasteiger charge is 2.19. The molecule has 2 heterocycles. The number of aromatic nitrogens is 2. The number of nitro groups is 2. The fraction of sp³-hybridized carbons (Fsp3) is 0. The molecule has 11 heteroatoms. The monoisotopic (exact) mass is 370 g/mol. The lowest BCUT2D eigenvalue weighted by Crippen LogP contribution is -2.25. The van der Waals surface area contributed by atoms with Gasteiger partial charge in [-0.3, -0.25) is 30.0 Å². The maximum atomic E-state index is 11.6. The molecule has 0 aliphatic heterocycles. The summed E-state index contributed by atoms with van der Waals surface area (Å²) < 4.78 is 5.50. The molecular formula is C16H10N4O7. The number of aromatic amines is 2. The van der Waals surface area contributed by atoms with Gasteiger partial charge in [0.15, 0.2) is 0 Å². The summed E-state index contributed by atoms with van der Waals surface area (Å²) in [5, 5.41) is 22.1. The molecule has 1 aromatic carbocycles. The van der Waals surface area contributed by atoms with E-state index in [9.17, 15) is 29.8 Å². The van der Waals surface area contributed by atoms with Gasteiger partial charge in [0.2, 0.25) is 0 Å². The van der Waals surface area contributed by atoms with Gasteiger partial charge in [-0.25, -0.2) is 4.79 Å². The van der Waals surface area contributed by atoms with Crippen LogP contribution >= 0.6 is 0 Å². The molecule has 0 saturated heterocycles. The molecule has 0 amide bonds. The van der Waals surface area contributed by atoms with Crippen molar-refractivity contribution in [3.8, 4) is 11.3 Å². The predicted molar refractivity (Wildman–Crippen MR) is 94.1 cm³/mol. The summed E-state index contributed by atoms with van der Waals surface area (Å²) in [6, 6.07) is 8.97. The summed E-state index contributed by atoms with van der Waals surface area (Å²) in [7, 11) is 0. The van der Waals surface area contributed by atoms with Gasteiger partial charge in [0.1, 0.15) is 17.2 Å². The third-order valence-electron chi connectivity index (χ3n) is 3.54. The normalized spacial score (nSPS) is 11.0. The Balaban J connectivity index is 1.99. The van der Waals surface area contributed by atoms with Gasteiger partial charge in [0.05, 0.1) is 15.4 Å². The summed E-state index contributed by atoms with van der Waals surface area (Å²) in [6.07, 6.45) is 2.42. The third kappa shape index (κ3) is 3.56. The van der Waals surface area contributed by atoms with Crippen LogP contribution in [-0.4, -0.2) is 19.8 Å². The number of H-pyrrole nitrogens is 2. The Labute approximate surface area is 148 Å². The van der Waals surface area contributed by atoms with Crippen LogP contribution in [0.2, 0.25) is 0 Å². The van der Waals surface area contributed by atoms with Gasteiger partial charge in [0, 0.05) is 6.07 Å². The van der Waals surface area contributed by atoms with Crippen LogP contribution in [0, 0.1) is 20.2 Å². The molecule has 0 unspecified atom stereocenters. The first-order valence-corrected chi connectivity index (χ1v) is 7.39. The Morgan fingerprint density at radius 2 is 1.67 bits per heavy atom. The summed E-state index contributed by atoms with van der Waals surface area (Å²) in [5.41, 5.74) is -3.04. The molecule has 27 heavy (non-hydrogen) atoms. The molecule has 0 aliphatic rings. The zero-order valence-electron chi connectivity index (χ0n) is 13.4. The fourth-order valence-corrected chi connectivity index (χ4v) is 2.39. The number of nitro benzene ring substituents is 1. The van der Waals surface area contributed by atoms with Crippen LogP contribution in [0.25, 0.3) is 23.5 Å². The van der Waals surface area contributed by atoms with Crippen molar-refractivity contribution >= 4 is 23.5 Å². The van der Waals surface area contributed by atoms with Gasteiger partial charge >= 0.3 is 16.9 Å². The molecule has 2 aromatic heterocycles. The van der Waals surface area contributed by atoms with Crippen molar-refractivity contribution in [2.45, 2.75) is 0 Å². The third-order valence-corrected chi connectivity index (χ3v) is 3.54. The number of nitrogens with zero attached hydrogens (tertiary/aromatic N) is 2. The summed E-state index contributed by atoms with van der Waals surface area (Å²) in [6.45, 7) is 0. The van der Waals surface area contributed by atoms with Crippen LogP contribution in [0.15, 0.2) is 50.4 Å². The highest BCUT2D eigenvalue weighted by molar-refractivity contribution is 5.73. The zero-order chi connectivity index (χ0) is 19.6. The molecule has 0 bridgehead atoms. The molecule has 0 aliphatic carbocycles. The second-order valence-corrected chi connectivity index (χ2v) is 5.24. The van der Waals surface area contributed by atoms with Gasteiger partial charge < -0.3 is 9.40 Å². The highest BCUT2D eigenvalue weighted by atomic mass is 16.6. The first-order valence-electron chi connectivity index (χ1n) is 7.39. The van der Waals surface area contributed by atoms with Crippen molar-refractivity contribution in [3.05, 3.63) is 88.9 Å². The van der Waals surface area contributed by atoms with E-state index in [1.165, 1.54) is 36.4 Å². The van der Waals surface area contributed by atoms with Gasteiger partial charge in [0.25, 0.3) is 5.69 Å². The SMILES string of the molecule is O=c1[nH]c(/C=C\c2ccc(-c3ccccc3[N+](=O)[O-])o2)c([N+](=O)[O-])c(=O)[nH]1. The largest absolute Gasteiger partial charge is 0.456 e. The van der Waals surface area contributed by atoms with E-state index in [4.69, 9.17) is 4.42 Å². The van der Waals surface area contributed by atoms with Gasteiger partial charge in [-0.1, -0.05) is 12.1 Å². The molecule has 11 nitrogen and oxygen atoms in total. The topological polar surface area (TPSA) is 165 Å². The molecule has 3 rings (SSSR count). The Morgan fingerprint density at radius 3 is 2.37 bits per heavy atom. The summed E-state index contributed by atoms with van der Waals surface area (Å²) in [4.78, 5) is 47.5. The predicted octanol–water partition coefficient (Wildman–Crippen LogP) is 2.31.